The van der Waals surface area contributed by atoms with Gasteiger partial charge < -0.3 is 20.0 Å². The molecule has 4 heterocycles. The zero-order chi connectivity index (χ0) is 23.5. The van der Waals surface area contributed by atoms with Crippen LogP contribution in [0.4, 0.5) is 0 Å². The van der Waals surface area contributed by atoms with Gasteiger partial charge in [-0.05, 0) is 57.2 Å². The van der Waals surface area contributed by atoms with Crippen LogP contribution in [0.2, 0.25) is 0 Å². The summed E-state index contributed by atoms with van der Waals surface area (Å²) in [5.74, 6) is 7.71. The number of nitrogens with zero attached hydrogens (tertiary/aromatic N) is 3. The topological polar surface area (TPSA) is 116 Å². The van der Waals surface area contributed by atoms with Crippen LogP contribution in [0.3, 0.4) is 0 Å². The van der Waals surface area contributed by atoms with Crippen LogP contribution in [0.1, 0.15) is 82.4 Å². The molecule has 1 aliphatic carbocycles. The normalized spacial score (nSPS) is 18.2. The summed E-state index contributed by atoms with van der Waals surface area (Å²) in [4.78, 5) is 33.7. The Hall–Kier alpha value is -3.86. The Morgan fingerprint density at radius 1 is 1.30 bits per heavy atom. The highest BCUT2D eigenvalue weighted by Gasteiger charge is 2.42. The number of rotatable bonds is 3. The molecule has 2 aromatic heterocycles. The van der Waals surface area contributed by atoms with E-state index in [1.807, 2.05) is 37.5 Å². The van der Waals surface area contributed by atoms with Gasteiger partial charge in [0, 0.05) is 24.2 Å². The highest BCUT2D eigenvalue weighted by atomic mass is 16.4. The first-order chi connectivity index (χ1) is 15.7. The summed E-state index contributed by atoms with van der Waals surface area (Å²) in [7, 11) is 1.53. The van der Waals surface area contributed by atoms with Gasteiger partial charge in [0.15, 0.2) is 5.69 Å². The van der Waals surface area contributed by atoms with E-state index in [1.165, 1.54) is 7.05 Å². The fraction of sp³-hybridized carbons (Fsp3) is 0.360. The average Bonchev–Trinajstić information content (AvgIpc) is 3.30. The van der Waals surface area contributed by atoms with Crippen molar-refractivity contribution in [3.63, 3.8) is 0 Å². The number of nitrogens with two attached hydrogens (primary N) is 1. The molecule has 2 amide bonds. The van der Waals surface area contributed by atoms with Crippen LogP contribution < -0.4 is 11.1 Å². The Morgan fingerprint density at radius 3 is 2.70 bits per heavy atom. The number of aromatic nitrogens is 3. The molecule has 3 aliphatic rings. The Balaban J connectivity index is 1.63. The zero-order valence-electron chi connectivity index (χ0n) is 19.0. The van der Waals surface area contributed by atoms with E-state index in [1.54, 1.807) is 6.20 Å². The predicted molar refractivity (Wildman–Crippen MR) is 122 cm³/mol. The fourth-order valence-electron chi connectivity index (χ4n) is 4.65. The lowest BCUT2D eigenvalue weighted by molar-refractivity contribution is 0.0928. The van der Waals surface area contributed by atoms with Crippen LogP contribution in [0.15, 0.2) is 28.8 Å². The highest BCUT2D eigenvalue weighted by molar-refractivity contribution is 6.05. The number of carbonyl (C=O) groups excluding carboxylic acids is 2. The van der Waals surface area contributed by atoms with Crippen molar-refractivity contribution in [2.24, 2.45) is 5.73 Å². The highest BCUT2D eigenvalue weighted by Crippen LogP contribution is 2.52. The predicted octanol–water partition coefficient (Wildman–Crippen LogP) is 3.07. The number of hydrogen-bond acceptors (Lipinski definition) is 5. The molecule has 3 aromatic rings. The van der Waals surface area contributed by atoms with Gasteiger partial charge >= 0.3 is 0 Å². The third-order valence-electron chi connectivity index (χ3n) is 6.47. The molecule has 0 atom stereocenters. The lowest BCUT2D eigenvalue weighted by Gasteiger charge is -2.35. The maximum Gasteiger partial charge on any atom is 0.270 e. The van der Waals surface area contributed by atoms with E-state index < -0.39 is 11.3 Å². The maximum absolute atomic E-state index is 12.7. The van der Waals surface area contributed by atoms with Crippen molar-refractivity contribution in [1.29, 1.82) is 0 Å². The van der Waals surface area contributed by atoms with E-state index in [9.17, 15) is 9.59 Å². The van der Waals surface area contributed by atoms with Gasteiger partial charge in [-0.2, -0.15) is 0 Å². The number of benzene rings is 1. The number of hydrogen-bond donors (Lipinski definition) is 2. The van der Waals surface area contributed by atoms with Crippen molar-refractivity contribution in [2.45, 2.75) is 51.0 Å². The second-order valence-corrected chi connectivity index (χ2v) is 9.22. The molecule has 8 heteroatoms. The standard InChI is InChI=1S/C25H25N5O3/c1-13-12-28-24(33-13)25(2,3)8-7-14-5-6-17-15-10-16(11-15)30-20(23(32)27-4)19(21(26)31)29-22(30)18(17)9-14/h5-6,9,12,15-16H,10-11H2,1-4H3,(H2,26,31)(H,27,32). The van der Waals surface area contributed by atoms with Crippen molar-refractivity contribution in [2.75, 3.05) is 7.05 Å². The monoisotopic (exact) mass is 443 g/mol. The van der Waals surface area contributed by atoms with Gasteiger partial charge in [0.25, 0.3) is 11.8 Å². The van der Waals surface area contributed by atoms with E-state index in [2.05, 4.69) is 33.2 Å². The van der Waals surface area contributed by atoms with Gasteiger partial charge in [-0.1, -0.05) is 17.9 Å². The molecule has 1 saturated carbocycles. The summed E-state index contributed by atoms with van der Waals surface area (Å²) in [5, 5.41) is 2.62. The minimum absolute atomic E-state index is 0.00228. The number of carbonyl (C=O) groups is 2. The number of oxazole rings is 1. The molecule has 6 rings (SSSR count). The number of imidazole rings is 1. The Kier molecular flexibility index (Phi) is 4.67. The minimum Gasteiger partial charge on any atom is -0.444 e. The molecular formula is C25H25N5O3. The number of nitrogens with one attached hydrogen (secondary N) is 1. The smallest absolute Gasteiger partial charge is 0.270 e. The van der Waals surface area contributed by atoms with Crippen LogP contribution in [0, 0.1) is 18.8 Å². The molecular weight excluding hydrogens is 418 g/mol. The minimum atomic E-state index is -0.717. The van der Waals surface area contributed by atoms with Gasteiger partial charge in [-0.15, -0.1) is 0 Å². The summed E-state index contributed by atoms with van der Waals surface area (Å²) in [6.07, 6.45) is 3.47. The summed E-state index contributed by atoms with van der Waals surface area (Å²) in [6, 6.07) is 6.17. The molecule has 2 aliphatic heterocycles. The van der Waals surface area contributed by atoms with Crippen molar-refractivity contribution in [3.05, 3.63) is 58.6 Å². The fourth-order valence-corrected chi connectivity index (χ4v) is 4.65. The molecule has 3 N–H and O–H groups in total. The third-order valence-corrected chi connectivity index (χ3v) is 6.47. The van der Waals surface area contributed by atoms with Gasteiger partial charge in [-0.3, -0.25) is 9.59 Å². The lowest BCUT2D eigenvalue weighted by atomic mass is 9.75. The van der Waals surface area contributed by atoms with Crippen LogP contribution >= 0.6 is 0 Å². The second-order valence-electron chi connectivity index (χ2n) is 9.22. The van der Waals surface area contributed by atoms with E-state index in [-0.39, 0.29) is 23.3 Å². The van der Waals surface area contributed by atoms with Crippen LogP contribution in [0.25, 0.3) is 11.4 Å². The van der Waals surface area contributed by atoms with E-state index in [0.29, 0.717) is 17.6 Å². The van der Waals surface area contributed by atoms with E-state index in [4.69, 9.17) is 10.2 Å². The van der Waals surface area contributed by atoms with Crippen LogP contribution in [0.5, 0.6) is 0 Å². The van der Waals surface area contributed by atoms with Gasteiger partial charge in [0.05, 0.1) is 6.20 Å². The molecule has 33 heavy (non-hydrogen) atoms. The van der Waals surface area contributed by atoms with Gasteiger partial charge in [0.2, 0.25) is 5.89 Å². The molecule has 1 fully saturated rings. The quantitative estimate of drug-likeness (QED) is 0.604. The summed E-state index contributed by atoms with van der Waals surface area (Å²) in [6.45, 7) is 5.78. The number of primary amides is 1. The second kappa shape index (κ2) is 7.34. The van der Waals surface area contributed by atoms with Crippen LogP contribution in [-0.2, 0) is 5.41 Å². The Morgan fingerprint density at radius 2 is 2.06 bits per heavy atom. The largest absolute Gasteiger partial charge is 0.444 e. The maximum atomic E-state index is 12.7. The van der Waals surface area contributed by atoms with Gasteiger partial charge in [0.1, 0.15) is 22.7 Å². The summed E-state index contributed by atoms with van der Waals surface area (Å²) >= 11 is 0. The molecule has 8 nitrogen and oxygen atoms in total. The van der Waals surface area contributed by atoms with E-state index in [0.717, 1.165) is 35.3 Å². The van der Waals surface area contributed by atoms with Crippen molar-refractivity contribution < 1.29 is 14.0 Å². The third kappa shape index (κ3) is 3.32. The lowest BCUT2D eigenvalue weighted by Crippen LogP contribution is -2.30. The van der Waals surface area contributed by atoms with E-state index >= 15 is 0 Å². The Labute approximate surface area is 191 Å². The van der Waals surface area contributed by atoms with Crippen LogP contribution in [-0.4, -0.2) is 33.4 Å². The molecule has 0 unspecified atom stereocenters. The first kappa shape index (κ1) is 21.0. The summed E-state index contributed by atoms with van der Waals surface area (Å²) in [5.41, 5.74) is 8.10. The zero-order valence-corrected chi connectivity index (χ0v) is 19.0. The number of amides is 2. The molecule has 168 valence electrons. The van der Waals surface area contributed by atoms with Crippen molar-refractivity contribution in [3.8, 4) is 23.2 Å². The average molecular weight is 444 g/mol. The molecule has 0 radical (unpaired) electrons. The molecule has 0 saturated heterocycles. The summed E-state index contributed by atoms with van der Waals surface area (Å²) < 4.78 is 7.56. The molecule has 2 bridgehead atoms. The van der Waals surface area contributed by atoms with Crippen molar-refractivity contribution in [1.82, 2.24) is 19.9 Å². The Bertz CT molecular complexity index is 1360. The van der Waals surface area contributed by atoms with Crippen molar-refractivity contribution >= 4 is 11.8 Å². The first-order valence-electron chi connectivity index (χ1n) is 10.9. The first-order valence-corrected chi connectivity index (χ1v) is 10.9. The SMILES string of the molecule is CNC(=O)c1c(C(N)=O)nc2n1C1CC(C1)c1ccc(C#CC(C)(C)c3ncc(C)o3)cc1-2. The molecule has 1 aromatic carbocycles. The number of aryl methyl sites for hydroxylation is 1. The van der Waals surface area contributed by atoms with Gasteiger partial charge in [-0.25, -0.2) is 9.97 Å². The molecule has 0 spiro atoms.